The Hall–Kier alpha value is -2.15. The maximum absolute atomic E-state index is 12.3. The zero-order valence-electron chi connectivity index (χ0n) is 11.8. The van der Waals surface area contributed by atoms with Gasteiger partial charge in [0.1, 0.15) is 5.56 Å². The highest BCUT2D eigenvalue weighted by Crippen LogP contribution is 2.24. The Kier molecular flexibility index (Phi) is 4.74. The Bertz CT molecular complexity index is 539. The van der Waals surface area contributed by atoms with Crippen molar-refractivity contribution >= 4 is 17.3 Å². The van der Waals surface area contributed by atoms with Gasteiger partial charge < -0.3 is 15.7 Å². The van der Waals surface area contributed by atoms with Crippen molar-refractivity contribution in [2.75, 3.05) is 12.4 Å². The summed E-state index contributed by atoms with van der Waals surface area (Å²) in [6.45, 7) is 0. The molecule has 1 aromatic carbocycles. The van der Waals surface area contributed by atoms with Crippen molar-refractivity contribution in [2.45, 2.75) is 37.8 Å². The van der Waals surface area contributed by atoms with Crippen molar-refractivity contribution in [3.8, 4) is 0 Å². The summed E-state index contributed by atoms with van der Waals surface area (Å²) in [7, 11) is 1.69. The highest BCUT2D eigenvalue weighted by Gasteiger charge is 2.25. The number of nitro benzene ring substituents is 1. The number of nitrogens with one attached hydrogen (secondary N) is 2. The maximum Gasteiger partial charge on any atom is 0.282 e. The molecule has 1 aromatic rings. The molecule has 0 saturated heterocycles. The van der Waals surface area contributed by atoms with E-state index in [0.717, 1.165) is 0 Å². The van der Waals surface area contributed by atoms with Crippen LogP contribution < -0.4 is 10.6 Å². The van der Waals surface area contributed by atoms with Crippen LogP contribution in [0.15, 0.2) is 18.2 Å². The van der Waals surface area contributed by atoms with Gasteiger partial charge >= 0.3 is 0 Å². The smallest absolute Gasteiger partial charge is 0.282 e. The minimum absolute atomic E-state index is 0.0428. The lowest BCUT2D eigenvalue weighted by molar-refractivity contribution is -0.385. The predicted octanol–water partition coefficient (Wildman–Crippen LogP) is 1.67. The molecule has 114 valence electrons. The van der Waals surface area contributed by atoms with E-state index in [1.165, 1.54) is 12.1 Å². The largest absolute Gasteiger partial charge is 0.393 e. The van der Waals surface area contributed by atoms with Crippen LogP contribution in [-0.4, -0.2) is 35.1 Å². The second kappa shape index (κ2) is 6.53. The molecule has 1 aliphatic carbocycles. The van der Waals surface area contributed by atoms with E-state index < -0.39 is 10.8 Å². The molecule has 0 bridgehead atoms. The third-order valence-electron chi connectivity index (χ3n) is 3.76. The number of nitro groups is 1. The lowest BCUT2D eigenvalue weighted by Crippen LogP contribution is -2.38. The molecule has 1 fully saturated rings. The van der Waals surface area contributed by atoms with Crippen LogP contribution in [0.2, 0.25) is 0 Å². The predicted molar refractivity (Wildman–Crippen MR) is 78.4 cm³/mol. The topological polar surface area (TPSA) is 105 Å². The van der Waals surface area contributed by atoms with Crippen LogP contribution in [0.4, 0.5) is 11.4 Å². The quantitative estimate of drug-likeness (QED) is 0.578. The lowest BCUT2D eigenvalue weighted by Gasteiger charge is -2.26. The Morgan fingerprint density at radius 3 is 2.57 bits per heavy atom. The number of carbonyl (C=O) groups excluding carboxylic acids is 1. The van der Waals surface area contributed by atoms with Gasteiger partial charge in [0.2, 0.25) is 0 Å². The number of aliphatic hydroxyl groups is 1. The molecule has 0 spiro atoms. The fourth-order valence-electron chi connectivity index (χ4n) is 2.52. The van der Waals surface area contributed by atoms with Crippen LogP contribution >= 0.6 is 0 Å². The summed E-state index contributed by atoms with van der Waals surface area (Å²) in [5, 5.41) is 26.2. The van der Waals surface area contributed by atoms with Gasteiger partial charge in [-0.25, -0.2) is 0 Å². The van der Waals surface area contributed by atoms with Gasteiger partial charge in [-0.15, -0.1) is 0 Å². The number of benzene rings is 1. The Labute approximate surface area is 122 Å². The summed E-state index contributed by atoms with van der Waals surface area (Å²) in [5.41, 5.74) is 0.491. The van der Waals surface area contributed by atoms with Gasteiger partial charge in [-0.05, 0) is 37.8 Å². The average molecular weight is 293 g/mol. The third-order valence-corrected chi connectivity index (χ3v) is 3.76. The van der Waals surface area contributed by atoms with Crippen LogP contribution in [0.5, 0.6) is 0 Å². The average Bonchev–Trinajstić information content (AvgIpc) is 2.48. The fourth-order valence-corrected chi connectivity index (χ4v) is 2.52. The monoisotopic (exact) mass is 293 g/mol. The molecule has 0 aromatic heterocycles. The molecule has 7 heteroatoms. The molecule has 0 unspecified atom stereocenters. The first kappa shape index (κ1) is 15.2. The highest BCUT2D eigenvalue weighted by molar-refractivity contribution is 5.99. The number of nitrogens with zero attached hydrogens (tertiary/aromatic N) is 1. The Morgan fingerprint density at radius 2 is 2.00 bits per heavy atom. The van der Waals surface area contributed by atoms with E-state index in [1.807, 2.05) is 0 Å². The number of hydrogen-bond acceptors (Lipinski definition) is 5. The number of anilines is 1. The van der Waals surface area contributed by atoms with Gasteiger partial charge in [-0.2, -0.15) is 0 Å². The van der Waals surface area contributed by atoms with Gasteiger partial charge in [0.05, 0.1) is 11.0 Å². The number of hydrogen-bond donors (Lipinski definition) is 3. The normalized spacial score (nSPS) is 21.6. The number of carbonyl (C=O) groups is 1. The van der Waals surface area contributed by atoms with Gasteiger partial charge in [-0.1, -0.05) is 0 Å². The van der Waals surface area contributed by atoms with E-state index in [1.54, 1.807) is 13.1 Å². The molecule has 0 radical (unpaired) electrons. The van der Waals surface area contributed by atoms with Crippen molar-refractivity contribution in [1.29, 1.82) is 0 Å². The third kappa shape index (κ3) is 3.69. The molecule has 7 nitrogen and oxygen atoms in total. The molecule has 0 heterocycles. The van der Waals surface area contributed by atoms with Crippen LogP contribution in [0, 0.1) is 10.1 Å². The summed E-state index contributed by atoms with van der Waals surface area (Å²) >= 11 is 0. The van der Waals surface area contributed by atoms with Crippen molar-refractivity contribution in [2.24, 2.45) is 0 Å². The van der Waals surface area contributed by atoms with Crippen molar-refractivity contribution in [3.05, 3.63) is 33.9 Å². The summed E-state index contributed by atoms with van der Waals surface area (Å²) in [6.07, 6.45) is 2.35. The van der Waals surface area contributed by atoms with Crippen molar-refractivity contribution in [3.63, 3.8) is 0 Å². The number of amides is 1. The van der Waals surface area contributed by atoms with Crippen LogP contribution in [0.3, 0.4) is 0 Å². The molecule has 0 atom stereocenters. The van der Waals surface area contributed by atoms with Crippen molar-refractivity contribution < 1.29 is 14.8 Å². The molecular weight excluding hydrogens is 274 g/mol. The van der Waals surface area contributed by atoms with E-state index in [2.05, 4.69) is 10.6 Å². The number of rotatable bonds is 4. The van der Waals surface area contributed by atoms with E-state index in [-0.39, 0.29) is 23.4 Å². The Balaban J connectivity index is 2.15. The zero-order valence-corrected chi connectivity index (χ0v) is 11.8. The van der Waals surface area contributed by atoms with Crippen LogP contribution in [0.1, 0.15) is 36.0 Å². The van der Waals surface area contributed by atoms with Gasteiger partial charge in [0.25, 0.3) is 11.6 Å². The minimum atomic E-state index is -0.557. The standard InChI is InChI=1S/C14H19N3O4/c1-15-10-4-7-13(17(20)21)12(8-10)14(19)16-9-2-5-11(18)6-3-9/h4,7-9,11,15,18H,2-3,5-6H2,1H3,(H,16,19). The van der Waals surface area contributed by atoms with E-state index in [4.69, 9.17) is 0 Å². The first-order chi connectivity index (χ1) is 10.0. The first-order valence-corrected chi connectivity index (χ1v) is 6.96. The molecular formula is C14H19N3O4. The SMILES string of the molecule is CNc1ccc([N+](=O)[O-])c(C(=O)NC2CCC(O)CC2)c1. The molecule has 3 N–H and O–H groups in total. The number of aliphatic hydroxyl groups excluding tert-OH is 1. The molecule has 21 heavy (non-hydrogen) atoms. The van der Waals surface area contributed by atoms with Gasteiger partial charge in [0, 0.05) is 24.8 Å². The molecule has 0 aliphatic heterocycles. The second-order valence-electron chi connectivity index (χ2n) is 5.22. The van der Waals surface area contributed by atoms with Gasteiger partial charge in [0.15, 0.2) is 0 Å². The van der Waals surface area contributed by atoms with E-state index in [0.29, 0.717) is 31.4 Å². The maximum atomic E-state index is 12.3. The van der Waals surface area contributed by atoms with E-state index in [9.17, 15) is 20.0 Å². The fraction of sp³-hybridized carbons (Fsp3) is 0.500. The van der Waals surface area contributed by atoms with Crippen LogP contribution in [-0.2, 0) is 0 Å². The summed E-state index contributed by atoms with van der Waals surface area (Å²) in [4.78, 5) is 22.8. The summed E-state index contributed by atoms with van der Waals surface area (Å²) in [5.74, 6) is -0.444. The zero-order chi connectivity index (χ0) is 15.4. The van der Waals surface area contributed by atoms with Crippen molar-refractivity contribution in [1.82, 2.24) is 5.32 Å². The summed E-state index contributed by atoms with van der Waals surface area (Å²) in [6, 6.07) is 4.32. The van der Waals surface area contributed by atoms with Gasteiger partial charge in [-0.3, -0.25) is 14.9 Å². The molecule has 2 rings (SSSR count). The minimum Gasteiger partial charge on any atom is -0.393 e. The Morgan fingerprint density at radius 1 is 1.33 bits per heavy atom. The lowest BCUT2D eigenvalue weighted by atomic mass is 9.93. The molecule has 1 aliphatic rings. The van der Waals surface area contributed by atoms with E-state index >= 15 is 0 Å². The van der Waals surface area contributed by atoms with Crippen LogP contribution in [0.25, 0.3) is 0 Å². The second-order valence-corrected chi connectivity index (χ2v) is 5.22. The molecule has 1 saturated carbocycles. The highest BCUT2D eigenvalue weighted by atomic mass is 16.6. The first-order valence-electron chi connectivity index (χ1n) is 6.96. The summed E-state index contributed by atoms with van der Waals surface area (Å²) < 4.78 is 0. The molecule has 1 amide bonds.